The summed E-state index contributed by atoms with van der Waals surface area (Å²) in [5.74, 6) is -0.859. The molecule has 4 heterocycles. The standard InChI is InChI=1S/C39H41ClF3N9O5S/c1-4-22-13-26(52-37(58)51(36(56)38(52,2)3)28-17-29(39(41,42)43)31(18-44)46-20-28)5-7-32(22)57-12-10-45-19-27-9-11-50(27)21-34(54)48-25-15-23(40)14-24(16-25)47-30-6-8-33(53)49-35(30)55/h5,7,13-17,20,27,30,45,47H,4,6,8-12,19,21H2,1-3H3,(H,48,54)(H,49,53,55). The minimum absolute atomic E-state index is 0.0324. The van der Waals surface area contributed by atoms with E-state index in [1.54, 1.807) is 49.1 Å². The van der Waals surface area contributed by atoms with Crippen molar-refractivity contribution in [2.75, 3.05) is 53.2 Å². The second-order valence-corrected chi connectivity index (χ2v) is 15.4. The van der Waals surface area contributed by atoms with E-state index in [4.69, 9.17) is 33.8 Å². The molecule has 0 saturated carbocycles. The van der Waals surface area contributed by atoms with Gasteiger partial charge in [-0.1, -0.05) is 18.5 Å². The van der Waals surface area contributed by atoms with Gasteiger partial charge < -0.3 is 25.6 Å². The number of aromatic nitrogens is 1. The number of nitriles is 1. The lowest BCUT2D eigenvalue weighted by atomic mass is 10.0. The smallest absolute Gasteiger partial charge is 0.419 e. The number of likely N-dealkylation sites (tertiary alicyclic amines) is 1. The van der Waals surface area contributed by atoms with Gasteiger partial charge in [-0.05, 0) is 93.4 Å². The van der Waals surface area contributed by atoms with E-state index in [1.165, 1.54) is 6.07 Å². The topological polar surface area (TPSA) is 172 Å². The van der Waals surface area contributed by atoms with Crippen molar-refractivity contribution in [3.05, 3.63) is 70.5 Å². The van der Waals surface area contributed by atoms with Crippen molar-refractivity contribution in [3.63, 3.8) is 0 Å². The highest BCUT2D eigenvalue weighted by Crippen LogP contribution is 2.40. The van der Waals surface area contributed by atoms with Crippen molar-refractivity contribution in [1.29, 1.82) is 5.26 Å². The number of rotatable bonds is 14. The largest absolute Gasteiger partial charge is 0.492 e. The summed E-state index contributed by atoms with van der Waals surface area (Å²) in [5.41, 5.74) is -1.10. The summed E-state index contributed by atoms with van der Waals surface area (Å²) in [5, 5.41) is 21.1. The van der Waals surface area contributed by atoms with Crippen LogP contribution >= 0.6 is 23.8 Å². The van der Waals surface area contributed by atoms with Gasteiger partial charge in [0.1, 0.15) is 30.0 Å². The van der Waals surface area contributed by atoms with Gasteiger partial charge in [0.2, 0.25) is 17.7 Å². The predicted octanol–water partition coefficient (Wildman–Crippen LogP) is 5.00. The fourth-order valence-corrected chi connectivity index (χ4v) is 7.81. The van der Waals surface area contributed by atoms with Gasteiger partial charge in [0.25, 0.3) is 5.91 Å². The number of aryl methyl sites for hydroxylation is 1. The molecule has 2 unspecified atom stereocenters. The van der Waals surface area contributed by atoms with Crippen LogP contribution in [0.2, 0.25) is 5.02 Å². The highest BCUT2D eigenvalue weighted by atomic mass is 35.5. The van der Waals surface area contributed by atoms with E-state index >= 15 is 0 Å². The molecule has 0 bridgehead atoms. The van der Waals surface area contributed by atoms with Crippen molar-refractivity contribution < 1.29 is 37.1 Å². The number of nitrogens with zero attached hydrogens (tertiary/aromatic N) is 5. The molecule has 4 N–H and O–H groups in total. The number of imide groups is 1. The maximum Gasteiger partial charge on any atom is 0.419 e. The number of hydrogen-bond acceptors (Lipinski definition) is 11. The van der Waals surface area contributed by atoms with E-state index in [-0.39, 0.29) is 41.6 Å². The number of anilines is 4. The number of thiocarbonyl (C=S) groups is 1. The molecule has 3 aromatic rings. The monoisotopic (exact) mass is 839 g/mol. The molecule has 4 amide bonds. The zero-order chi connectivity index (χ0) is 41.9. The van der Waals surface area contributed by atoms with E-state index in [0.29, 0.717) is 66.4 Å². The minimum atomic E-state index is -4.86. The van der Waals surface area contributed by atoms with Gasteiger partial charge in [-0.2, -0.15) is 18.4 Å². The summed E-state index contributed by atoms with van der Waals surface area (Å²) in [6.45, 7) is 7.65. The van der Waals surface area contributed by atoms with Crippen LogP contribution in [0.1, 0.15) is 56.9 Å². The van der Waals surface area contributed by atoms with E-state index in [0.717, 1.165) is 29.6 Å². The number of nitrogens with one attached hydrogen (secondary N) is 4. The quantitative estimate of drug-likeness (QED) is 0.0975. The van der Waals surface area contributed by atoms with Gasteiger partial charge in [0.05, 0.1) is 24.0 Å². The molecule has 3 fully saturated rings. The second-order valence-electron chi connectivity index (χ2n) is 14.6. The number of halogens is 4. The third kappa shape index (κ3) is 9.18. The fourth-order valence-electron chi connectivity index (χ4n) is 7.06. The Hall–Kier alpha value is -5.35. The summed E-state index contributed by atoms with van der Waals surface area (Å²) >= 11 is 12.0. The van der Waals surface area contributed by atoms with Crippen LogP contribution in [0.3, 0.4) is 0 Å². The molecule has 1 aromatic heterocycles. The van der Waals surface area contributed by atoms with Gasteiger partial charge in [-0.15, -0.1) is 0 Å². The number of amides is 4. The zero-order valence-electron chi connectivity index (χ0n) is 31.8. The molecule has 58 heavy (non-hydrogen) atoms. The number of pyridine rings is 1. The molecule has 306 valence electrons. The molecule has 14 nitrogen and oxygen atoms in total. The Labute approximate surface area is 343 Å². The van der Waals surface area contributed by atoms with E-state index < -0.39 is 40.8 Å². The van der Waals surface area contributed by atoms with Crippen LogP contribution in [0, 0.1) is 11.3 Å². The van der Waals surface area contributed by atoms with Crippen molar-refractivity contribution in [3.8, 4) is 11.8 Å². The van der Waals surface area contributed by atoms with Gasteiger partial charge >= 0.3 is 6.18 Å². The highest BCUT2D eigenvalue weighted by molar-refractivity contribution is 7.81. The van der Waals surface area contributed by atoms with Crippen LogP contribution in [0.5, 0.6) is 5.75 Å². The Balaban J connectivity index is 0.991. The molecule has 2 aromatic carbocycles. The first-order valence-corrected chi connectivity index (χ1v) is 19.4. The molecule has 3 saturated heterocycles. The molecule has 0 aliphatic carbocycles. The predicted molar refractivity (Wildman–Crippen MR) is 215 cm³/mol. The van der Waals surface area contributed by atoms with Crippen molar-refractivity contribution >= 4 is 75.3 Å². The number of hydrogen-bond donors (Lipinski definition) is 4. The summed E-state index contributed by atoms with van der Waals surface area (Å²) in [6.07, 6.45) is -1.75. The first-order chi connectivity index (χ1) is 27.5. The molecule has 3 aliphatic heterocycles. The number of piperidine rings is 1. The summed E-state index contributed by atoms with van der Waals surface area (Å²) in [6, 6.07) is 12.0. The highest BCUT2D eigenvalue weighted by Gasteiger charge is 2.51. The Morgan fingerprint density at radius 3 is 2.55 bits per heavy atom. The number of ether oxygens (including phenoxy) is 1. The Morgan fingerprint density at radius 1 is 1.12 bits per heavy atom. The molecule has 6 rings (SSSR count). The van der Waals surface area contributed by atoms with Crippen LogP contribution < -0.4 is 35.8 Å². The summed E-state index contributed by atoms with van der Waals surface area (Å²) in [4.78, 5) is 58.5. The van der Waals surface area contributed by atoms with E-state index in [1.807, 2.05) is 13.0 Å². The van der Waals surface area contributed by atoms with Gasteiger partial charge in [-0.25, -0.2) is 4.98 Å². The fraction of sp³-hybridized carbons (Fsp3) is 0.410. The minimum Gasteiger partial charge on any atom is -0.492 e. The third-order valence-electron chi connectivity index (χ3n) is 10.2. The lowest BCUT2D eigenvalue weighted by Crippen LogP contribution is -2.55. The van der Waals surface area contributed by atoms with Gasteiger partial charge in [0.15, 0.2) is 10.8 Å². The maximum atomic E-state index is 13.7. The van der Waals surface area contributed by atoms with Crippen molar-refractivity contribution in [2.24, 2.45) is 0 Å². The second kappa shape index (κ2) is 17.2. The number of benzene rings is 2. The Morgan fingerprint density at radius 2 is 1.88 bits per heavy atom. The first kappa shape index (κ1) is 42.3. The number of carbonyl (C=O) groups is 4. The molecule has 19 heteroatoms. The van der Waals surface area contributed by atoms with E-state index in [9.17, 15) is 32.3 Å². The lowest BCUT2D eigenvalue weighted by molar-refractivity contribution is -0.138. The van der Waals surface area contributed by atoms with Crippen LogP contribution in [0.4, 0.5) is 35.9 Å². The Kier molecular flexibility index (Phi) is 12.6. The molecular formula is C39H41ClF3N9O5S. The SMILES string of the molecule is CCc1cc(N2C(=S)N(c3cnc(C#N)c(C(F)(F)F)c3)C(=O)C2(C)C)ccc1OCCNCC1CCN1CC(=O)Nc1cc(Cl)cc(NC2CCC(=O)NC2=O)c1. The van der Waals surface area contributed by atoms with Crippen LogP contribution in [-0.4, -0.2) is 89.0 Å². The van der Waals surface area contributed by atoms with Crippen molar-refractivity contribution in [1.82, 2.24) is 20.5 Å². The number of carbonyl (C=O) groups excluding carboxylic acids is 4. The van der Waals surface area contributed by atoms with Gasteiger partial charge in [-0.3, -0.25) is 34.3 Å². The first-order valence-electron chi connectivity index (χ1n) is 18.6. The lowest BCUT2D eigenvalue weighted by Gasteiger charge is -2.40. The summed E-state index contributed by atoms with van der Waals surface area (Å²) in [7, 11) is 0. The maximum absolute atomic E-state index is 13.7. The molecule has 0 radical (unpaired) electrons. The van der Waals surface area contributed by atoms with Crippen LogP contribution in [-0.2, 0) is 31.8 Å². The molecule has 2 atom stereocenters. The number of alkyl halides is 3. The molecular weight excluding hydrogens is 799 g/mol. The zero-order valence-corrected chi connectivity index (χ0v) is 33.4. The molecule has 3 aliphatic rings. The van der Waals surface area contributed by atoms with Crippen LogP contribution in [0.15, 0.2) is 48.7 Å². The Bertz CT molecular complexity index is 2180. The average molecular weight is 840 g/mol. The third-order valence-corrected chi connectivity index (χ3v) is 10.8. The summed E-state index contributed by atoms with van der Waals surface area (Å²) < 4.78 is 47.2. The van der Waals surface area contributed by atoms with Gasteiger partial charge in [0, 0.05) is 54.2 Å². The normalized spacial score (nSPS) is 19.4. The molecule has 0 spiro atoms. The van der Waals surface area contributed by atoms with Crippen LogP contribution in [0.25, 0.3) is 0 Å². The van der Waals surface area contributed by atoms with E-state index in [2.05, 4.69) is 31.2 Å². The van der Waals surface area contributed by atoms with Crippen molar-refractivity contribution in [2.45, 2.75) is 70.3 Å². The average Bonchev–Trinajstić information content (AvgIpc) is 3.33.